The molecule has 0 N–H and O–H groups in total. The number of likely N-dealkylation sites (tertiary alicyclic amines) is 1. The first kappa shape index (κ1) is 21.7. The van der Waals surface area contributed by atoms with Crippen molar-refractivity contribution in [3.63, 3.8) is 0 Å². The molecule has 1 aromatic carbocycles. The van der Waals surface area contributed by atoms with E-state index in [-0.39, 0.29) is 17.9 Å². The van der Waals surface area contributed by atoms with Gasteiger partial charge in [0.05, 0.1) is 20.3 Å². The normalized spacial score (nSPS) is 14.4. The summed E-state index contributed by atoms with van der Waals surface area (Å²) in [6.07, 6.45) is 4.36. The number of methoxy groups -OCH3 is 1. The van der Waals surface area contributed by atoms with Gasteiger partial charge in [0.1, 0.15) is 5.69 Å². The van der Waals surface area contributed by atoms with Crippen LogP contribution in [0.3, 0.4) is 0 Å². The van der Waals surface area contributed by atoms with Crippen molar-refractivity contribution >= 4 is 11.9 Å². The molecule has 1 aliphatic rings. The number of amides is 1. The van der Waals surface area contributed by atoms with Gasteiger partial charge in [0, 0.05) is 30.9 Å². The van der Waals surface area contributed by atoms with E-state index in [9.17, 15) is 9.59 Å². The number of carbonyl (C=O) groups is 2. The summed E-state index contributed by atoms with van der Waals surface area (Å²) < 4.78 is 18.2. The monoisotopic (exact) mass is 414 g/mol. The zero-order chi connectivity index (χ0) is 21.5. The van der Waals surface area contributed by atoms with Crippen LogP contribution in [0.15, 0.2) is 36.5 Å². The molecule has 1 saturated heterocycles. The first-order valence-corrected chi connectivity index (χ1v) is 10.5. The van der Waals surface area contributed by atoms with Crippen molar-refractivity contribution < 1.29 is 23.8 Å². The first-order valence-electron chi connectivity index (χ1n) is 10.5. The van der Waals surface area contributed by atoms with Gasteiger partial charge >= 0.3 is 5.97 Å². The molecule has 0 aliphatic carbocycles. The maximum atomic E-state index is 13.0. The molecule has 7 nitrogen and oxygen atoms in total. The van der Waals surface area contributed by atoms with E-state index in [1.54, 1.807) is 18.2 Å². The molecule has 1 fully saturated rings. The number of aromatic nitrogens is 1. The Balaban J connectivity index is 1.67. The van der Waals surface area contributed by atoms with Crippen molar-refractivity contribution in [3.8, 4) is 11.5 Å². The Hall–Kier alpha value is -2.96. The third-order valence-corrected chi connectivity index (χ3v) is 5.27. The molecule has 2 aromatic rings. The van der Waals surface area contributed by atoms with E-state index in [4.69, 9.17) is 14.2 Å². The first-order chi connectivity index (χ1) is 14.6. The number of esters is 1. The Bertz CT molecular complexity index is 868. The van der Waals surface area contributed by atoms with Gasteiger partial charge in [-0.25, -0.2) is 4.79 Å². The topological polar surface area (TPSA) is 70.0 Å². The summed E-state index contributed by atoms with van der Waals surface area (Å²) in [5.74, 6) is 0.906. The lowest BCUT2D eigenvalue weighted by Gasteiger charge is -2.33. The van der Waals surface area contributed by atoms with E-state index < -0.39 is 0 Å². The van der Waals surface area contributed by atoms with E-state index >= 15 is 0 Å². The highest BCUT2D eigenvalue weighted by Crippen LogP contribution is 2.31. The summed E-state index contributed by atoms with van der Waals surface area (Å²) in [5, 5.41) is 0. The number of hydrogen-bond acceptors (Lipinski definition) is 5. The molecular formula is C23H30N2O5. The molecule has 30 heavy (non-hydrogen) atoms. The van der Waals surface area contributed by atoms with Crippen LogP contribution < -0.4 is 9.47 Å². The zero-order valence-corrected chi connectivity index (χ0v) is 17.9. The highest BCUT2D eigenvalue weighted by atomic mass is 16.5. The van der Waals surface area contributed by atoms with Crippen LogP contribution in [-0.4, -0.2) is 54.8 Å². The number of benzene rings is 1. The largest absolute Gasteiger partial charge is 0.490 e. The summed E-state index contributed by atoms with van der Waals surface area (Å²) in [6, 6.07) is 9.15. The zero-order valence-electron chi connectivity index (χ0n) is 17.9. The molecule has 7 heteroatoms. The number of ether oxygens (including phenoxy) is 3. The molecule has 0 bridgehead atoms. The fourth-order valence-corrected chi connectivity index (χ4v) is 3.76. The van der Waals surface area contributed by atoms with Gasteiger partial charge < -0.3 is 23.7 Å². The molecule has 1 aromatic heterocycles. The Labute approximate surface area is 177 Å². The van der Waals surface area contributed by atoms with Gasteiger partial charge in [-0.1, -0.05) is 6.92 Å². The minimum Gasteiger partial charge on any atom is -0.490 e. The maximum Gasteiger partial charge on any atom is 0.354 e. The molecule has 0 atom stereocenters. The minimum absolute atomic E-state index is 0.0165. The minimum atomic E-state index is -0.340. The second kappa shape index (κ2) is 10.2. The fourth-order valence-electron chi connectivity index (χ4n) is 3.76. The molecular weight excluding hydrogens is 384 g/mol. The number of carbonyl (C=O) groups excluding carboxylic acids is 2. The van der Waals surface area contributed by atoms with Crippen LogP contribution in [0.4, 0.5) is 0 Å². The second-order valence-corrected chi connectivity index (χ2v) is 7.26. The van der Waals surface area contributed by atoms with Crippen LogP contribution in [0.25, 0.3) is 0 Å². The highest BCUT2D eigenvalue weighted by Gasteiger charge is 2.27. The summed E-state index contributed by atoms with van der Waals surface area (Å²) in [4.78, 5) is 26.8. The van der Waals surface area contributed by atoms with Crippen molar-refractivity contribution in [3.05, 3.63) is 47.8 Å². The Kier molecular flexibility index (Phi) is 7.38. The lowest BCUT2D eigenvalue weighted by molar-refractivity contribution is 0.0573. The van der Waals surface area contributed by atoms with Crippen molar-refractivity contribution in [1.82, 2.24) is 9.47 Å². The van der Waals surface area contributed by atoms with E-state index in [1.807, 2.05) is 41.6 Å². The third kappa shape index (κ3) is 4.78. The maximum absolute atomic E-state index is 13.0. The molecule has 162 valence electrons. The molecule has 3 rings (SSSR count). The summed E-state index contributed by atoms with van der Waals surface area (Å²) in [6.45, 7) is 6.32. The molecule has 0 spiro atoms. The van der Waals surface area contributed by atoms with Crippen molar-refractivity contribution in [1.29, 1.82) is 0 Å². The van der Waals surface area contributed by atoms with Crippen molar-refractivity contribution in [2.75, 3.05) is 33.4 Å². The second-order valence-electron chi connectivity index (χ2n) is 7.26. The standard InChI is InChI=1S/C23H30N2O5/c1-4-15-30-20-9-8-17(16-21(20)29-5-2)22(26)24-13-10-18(11-14-24)25-12-6-7-19(25)23(27)28-3/h6-9,12,16,18H,4-5,10-11,13-15H2,1-3H3. The van der Waals surface area contributed by atoms with E-state index in [0.29, 0.717) is 49.1 Å². The Morgan fingerprint density at radius 1 is 1.07 bits per heavy atom. The van der Waals surface area contributed by atoms with Crippen molar-refractivity contribution in [2.45, 2.75) is 39.2 Å². The van der Waals surface area contributed by atoms with Crippen LogP contribution >= 0.6 is 0 Å². The number of piperidine rings is 1. The van der Waals surface area contributed by atoms with Crippen LogP contribution in [0.2, 0.25) is 0 Å². The molecule has 1 aliphatic heterocycles. The van der Waals surface area contributed by atoms with Gasteiger partial charge in [0.2, 0.25) is 0 Å². The van der Waals surface area contributed by atoms with Gasteiger partial charge in [-0.2, -0.15) is 0 Å². The van der Waals surface area contributed by atoms with Gasteiger partial charge in [0.15, 0.2) is 11.5 Å². The highest BCUT2D eigenvalue weighted by molar-refractivity contribution is 5.95. The van der Waals surface area contributed by atoms with Crippen molar-refractivity contribution in [2.24, 2.45) is 0 Å². The third-order valence-electron chi connectivity index (χ3n) is 5.27. The predicted octanol–water partition coefficient (Wildman–Crippen LogP) is 3.94. The molecule has 0 unspecified atom stereocenters. The van der Waals surface area contributed by atoms with Crippen LogP contribution in [0, 0.1) is 0 Å². The predicted molar refractivity (Wildman–Crippen MR) is 113 cm³/mol. The van der Waals surface area contributed by atoms with E-state index in [2.05, 4.69) is 0 Å². The average molecular weight is 415 g/mol. The van der Waals surface area contributed by atoms with Gasteiger partial charge in [-0.15, -0.1) is 0 Å². The van der Waals surface area contributed by atoms with E-state index in [1.165, 1.54) is 7.11 Å². The number of rotatable bonds is 8. The lowest BCUT2D eigenvalue weighted by atomic mass is 10.0. The van der Waals surface area contributed by atoms with Crippen LogP contribution in [0.1, 0.15) is 60.0 Å². The summed E-state index contributed by atoms with van der Waals surface area (Å²) in [7, 11) is 1.38. The van der Waals surface area contributed by atoms with Gasteiger partial charge in [0.25, 0.3) is 5.91 Å². The number of hydrogen-bond donors (Lipinski definition) is 0. The van der Waals surface area contributed by atoms with Crippen LogP contribution in [-0.2, 0) is 4.74 Å². The average Bonchev–Trinajstić information content (AvgIpc) is 3.27. The van der Waals surface area contributed by atoms with Gasteiger partial charge in [-0.05, 0) is 56.5 Å². The van der Waals surface area contributed by atoms with Gasteiger partial charge in [-0.3, -0.25) is 4.79 Å². The smallest absolute Gasteiger partial charge is 0.354 e. The Morgan fingerprint density at radius 3 is 2.50 bits per heavy atom. The van der Waals surface area contributed by atoms with E-state index in [0.717, 1.165) is 19.3 Å². The van der Waals surface area contributed by atoms with Crippen LogP contribution in [0.5, 0.6) is 11.5 Å². The summed E-state index contributed by atoms with van der Waals surface area (Å²) in [5.41, 5.74) is 1.14. The SMILES string of the molecule is CCCOc1ccc(C(=O)N2CCC(n3cccc3C(=O)OC)CC2)cc1OCC. The molecule has 2 heterocycles. The Morgan fingerprint density at radius 2 is 1.83 bits per heavy atom. The fraction of sp³-hybridized carbons (Fsp3) is 0.478. The quantitative estimate of drug-likeness (QED) is 0.612. The molecule has 0 saturated carbocycles. The summed E-state index contributed by atoms with van der Waals surface area (Å²) >= 11 is 0. The molecule has 1 amide bonds. The number of nitrogens with zero attached hydrogens (tertiary/aromatic N) is 2. The lowest BCUT2D eigenvalue weighted by Crippen LogP contribution is -2.39. The molecule has 0 radical (unpaired) electrons.